The SMILES string of the molecule is Cc1cc(C)c(COc2cccc(Cl)c2)c(C)c1. The zero-order valence-electron chi connectivity index (χ0n) is 11.0. The molecule has 0 bridgehead atoms. The minimum absolute atomic E-state index is 0.582. The number of ether oxygens (including phenoxy) is 1. The molecule has 1 nitrogen and oxygen atoms in total. The molecule has 0 aliphatic heterocycles. The first-order valence-electron chi connectivity index (χ1n) is 6.01. The topological polar surface area (TPSA) is 9.23 Å². The molecule has 0 heterocycles. The number of aryl methyl sites for hydroxylation is 3. The van der Waals surface area contributed by atoms with Crippen molar-refractivity contribution in [3.63, 3.8) is 0 Å². The van der Waals surface area contributed by atoms with Gasteiger partial charge in [-0.3, -0.25) is 0 Å². The standard InChI is InChI=1S/C16H17ClO/c1-11-7-12(2)16(13(3)8-11)10-18-15-6-4-5-14(17)9-15/h4-9H,10H2,1-3H3. The maximum atomic E-state index is 5.93. The van der Waals surface area contributed by atoms with Gasteiger partial charge in [-0.2, -0.15) is 0 Å². The third-order valence-electron chi connectivity index (χ3n) is 3.02. The average molecular weight is 261 g/mol. The van der Waals surface area contributed by atoms with Crippen LogP contribution in [0, 0.1) is 20.8 Å². The Kier molecular flexibility index (Phi) is 3.93. The van der Waals surface area contributed by atoms with Crippen molar-refractivity contribution in [2.24, 2.45) is 0 Å². The lowest BCUT2D eigenvalue weighted by Gasteiger charge is -2.12. The molecule has 0 unspecified atom stereocenters. The van der Waals surface area contributed by atoms with Crippen LogP contribution in [0.2, 0.25) is 5.02 Å². The van der Waals surface area contributed by atoms with Gasteiger partial charge in [-0.25, -0.2) is 0 Å². The lowest BCUT2D eigenvalue weighted by Crippen LogP contribution is -2.01. The van der Waals surface area contributed by atoms with Gasteiger partial charge in [0.05, 0.1) is 0 Å². The molecule has 0 amide bonds. The first-order valence-corrected chi connectivity index (χ1v) is 6.39. The van der Waals surface area contributed by atoms with E-state index in [1.807, 2.05) is 24.3 Å². The predicted octanol–water partition coefficient (Wildman–Crippen LogP) is 4.84. The van der Waals surface area contributed by atoms with Gasteiger partial charge in [0, 0.05) is 5.02 Å². The first kappa shape index (κ1) is 13.0. The van der Waals surface area contributed by atoms with Crippen LogP contribution >= 0.6 is 11.6 Å². The fourth-order valence-electron chi connectivity index (χ4n) is 2.15. The van der Waals surface area contributed by atoms with E-state index >= 15 is 0 Å². The van der Waals surface area contributed by atoms with E-state index in [-0.39, 0.29) is 0 Å². The van der Waals surface area contributed by atoms with Crippen molar-refractivity contribution in [3.05, 3.63) is 63.7 Å². The fraction of sp³-hybridized carbons (Fsp3) is 0.250. The van der Waals surface area contributed by atoms with Crippen LogP contribution in [-0.2, 0) is 6.61 Å². The highest BCUT2D eigenvalue weighted by Crippen LogP contribution is 2.21. The Morgan fingerprint density at radius 2 is 1.67 bits per heavy atom. The second kappa shape index (κ2) is 5.45. The molecule has 0 spiro atoms. The van der Waals surface area contributed by atoms with Gasteiger partial charge in [0.15, 0.2) is 0 Å². The second-order valence-electron chi connectivity index (χ2n) is 4.62. The van der Waals surface area contributed by atoms with Crippen LogP contribution in [0.3, 0.4) is 0 Å². The monoisotopic (exact) mass is 260 g/mol. The molecular weight excluding hydrogens is 244 g/mol. The van der Waals surface area contributed by atoms with Crippen LogP contribution in [0.4, 0.5) is 0 Å². The van der Waals surface area contributed by atoms with E-state index in [2.05, 4.69) is 32.9 Å². The molecule has 0 N–H and O–H groups in total. The van der Waals surface area contributed by atoms with Gasteiger partial charge in [0.2, 0.25) is 0 Å². The van der Waals surface area contributed by atoms with E-state index < -0.39 is 0 Å². The zero-order chi connectivity index (χ0) is 13.1. The van der Waals surface area contributed by atoms with Crippen LogP contribution in [0.1, 0.15) is 22.3 Å². The third kappa shape index (κ3) is 3.05. The van der Waals surface area contributed by atoms with Crippen LogP contribution in [0.25, 0.3) is 0 Å². The predicted molar refractivity (Wildman–Crippen MR) is 76.4 cm³/mol. The Morgan fingerprint density at radius 1 is 1.00 bits per heavy atom. The maximum absolute atomic E-state index is 5.93. The van der Waals surface area contributed by atoms with Gasteiger partial charge in [0.25, 0.3) is 0 Å². The summed E-state index contributed by atoms with van der Waals surface area (Å²) in [7, 11) is 0. The summed E-state index contributed by atoms with van der Waals surface area (Å²) >= 11 is 5.93. The number of benzene rings is 2. The number of halogens is 1. The summed E-state index contributed by atoms with van der Waals surface area (Å²) in [5, 5.41) is 0.699. The van der Waals surface area contributed by atoms with Crippen molar-refractivity contribution in [1.29, 1.82) is 0 Å². The molecule has 18 heavy (non-hydrogen) atoms. The van der Waals surface area contributed by atoms with Gasteiger partial charge >= 0.3 is 0 Å². The highest BCUT2D eigenvalue weighted by Gasteiger charge is 2.05. The largest absolute Gasteiger partial charge is 0.489 e. The van der Waals surface area contributed by atoms with Gasteiger partial charge in [0.1, 0.15) is 12.4 Å². The van der Waals surface area contributed by atoms with Crippen molar-refractivity contribution >= 4 is 11.6 Å². The highest BCUT2D eigenvalue weighted by atomic mass is 35.5. The van der Waals surface area contributed by atoms with Gasteiger partial charge < -0.3 is 4.74 Å². The first-order chi connectivity index (χ1) is 8.56. The lowest BCUT2D eigenvalue weighted by atomic mass is 10.0. The summed E-state index contributed by atoms with van der Waals surface area (Å²) in [6.07, 6.45) is 0. The van der Waals surface area contributed by atoms with Crippen molar-refractivity contribution < 1.29 is 4.74 Å². The van der Waals surface area contributed by atoms with E-state index in [1.54, 1.807) is 0 Å². The minimum Gasteiger partial charge on any atom is -0.489 e. The molecule has 0 radical (unpaired) electrons. The Labute approximate surface area is 113 Å². The second-order valence-corrected chi connectivity index (χ2v) is 5.06. The van der Waals surface area contributed by atoms with E-state index in [0.717, 1.165) is 5.75 Å². The Hall–Kier alpha value is -1.47. The molecule has 94 valence electrons. The molecule has 2 heteroatoms. The molecule has 2 aromatic carbocycles. The number of rotatable bonds is 3. The van der Waals surface area contributed by atoms with Crippen molar-refractivity contribution in [1.82, 2.24) is 0 Å². The van der Waals surface area contributed by atoms with Crippen molar-refractivity contribution in [2.75, 3.05) is 0 Å². The summed E-state index contributed by atoms with van der Waals surface area (Å²) in [6, 6.07) is 11.9. The van der Waals surface area contributed by atoms with Gasteiger partial charge in [-0.1, -0.05) is 35.4 Å². The highest BCUT2D eigenvalue weighted by molar-refractivity contribution is 6.30. The molecule has 0 aromatic heterocycles. The van der Waals surface area contributed by atoms with Crippen LogP contribution < -0.4 is 4.74 Å². The number of hydrogen-bond acceptors (Lipinski definition) is 1. The average Bonchev–Trinajstić information content (AvgIpc) is 2.27. The molecule has 0 saturated heterocycles. The normalized spacial score (nSPS) is 10.4. The molecule has 0 atom stereocenters. The van der Waals surface area contributed by atoms with Crippen molar-refractivity contribution in [2.45, 2.75) is 27.4 Å². The van der Waals surface area contributed by atoms with E-state index in [4.69, 9.17) is 16.3 Å². The maximum Gasteiger partial charge on any atom is 0.121 e. The quantitative estimate of drug-likeness (QED) is 0.767. The molecule has 0 aliphatic carbocycles. The summed E-state index contributed by atoms with van der Waals surface area (Å²) in [5.74, 6) is 0.807. The van der Waals surface area contributed by atoms with Gasteiger partial charge in [-0.05, 0) is 55.7 Å². The smallest absolute Gasteiger partial charge is 0.121 e. The molecule has 2 rings (SSSR count). The van der Waals surface area contributed by atoms with E-state index in [9.17, 15) is 0 Å². The van der Waals surface area contributed by atoms with Crippen LogP contribution in [-0.4, -0.2) is 0 Å². The zero-order valence-corrected chi connectivity index (χ0v) is 11.7. The Morgan fingerprint density at radius 3 is 2.28 bits per heavy atom. The fourth-order valence-corrected chi connectivity index (χ4v) is 2.33. The molecule has 2 aromatic rings. The third-order valence-corrected chi connectivity index (χ3v) is 3.25. The number of hydrogen-bond donors (Lipinski definition) is 0. The Balaban J connectivity index is 2.16. The lowest BCUT2D eigenvalue weighted by molar-refractivity contribution is 0.304. The van der Waals surface area contributed by atoms with Gasteiger partial charge in [-0.15, -0.1) is 0 Å². The van der Waals surface area contributed by atoms with Crippen LogP contribution in [0.5, 0.6) is 5.75 Å². The molecule has 0 aliphatic rings. The summed E-state index contributed by atoms with van der Waals surface area (Å²) in [6.45, 7) is 6.94. The Bertz CT molecular complexity index is 538. The summed E-state index contributed by atoms with van der Waals surface area (Å²) < 4.78 is 5.79. The van der Waals surface area contributed by atoms with E-state index in [0.29, 0.717) is 11.6 Å². The molecular formula is C16H17ClO. The summed E-state index contributed by atoms with van der Waals surface area (Å²) in [5.41, 5.74) is 5.08. The minimum atomic E-state index is 0.582. The van der Waals surface area contributed by atoms with E-state index in [1.165, 1.54) is 22.3 Å². The molecule has 0 saturated carbocycles. The molecule has 0 fully saturated rings. The van der Waals surface area contributed by atoms with Crippen LogP contribution in [0.15, 0.2) is 36.4 Å². The van der Waals surface area contributed by atoms with Crippen molar-refractivity contribution in [3.8, 4) is 5.75 Å². The summed E-state index contributed by atoms with van der Waals surface area (Å²) in [4.78, 5) is 0.